The predicted octanol–water partition coefficient (Wildman–Crippen LogP) is 0.838. The molecule has 1 rings (SSSR count). The van der Waals surface area contributed by atoms with Crippen LogP contribution in [0.3, 0.4) is 0 Å². The lowest BCUT2D eigenvalue weighted by Crippen LogP contribution is -2.31. The molecule has 0 atom stereocenters. The Morgan fingerprint density at radius 3 is 2.67 bits per heavy atom. The number of carbonyl (C=O) groups is 1. The minimum Gasteiger partial charge on any atom is -0.300 e. The van der Waals surface area contributed by atoms with E-state index in [-0.39, 0.29) is 17.4 Å². The van der Waals surface area contributed by atoms with Crippen molar-refractivity contribution in [1.82, 2.24) is 9.55 Å². The molecular formula is C13H16N2O3. The van der Waals surface area contributed by atoms with Crippen LogP contribution in [0, 0.1) is 11.8 Å². The van der Waals surface area contributed by atoms with Crippen LogP contribution in [0.25, 0.3) is 0 Å². The first-order valence-electron chi connectivity index (χ1n) is 5.75. The van der Waals surface area contributed by atoms with Gasteiger partial charge in [0.1, 0.15) is 11.3 Å². The summed E-state index contributed by atoms with van der Waals surface area (Å²) in [7, 11) is 0. The third-order valence-corrected chi connectivity index (χ3v) is 2.35. The standard InChI is InChI=1S/C13H16N2O3/c1-9(2)15-8-11(12(17)14-13(15)18)7-5-4-6-10(3)16/h8-9H,4,6H2,1-3H3,(H,14,17,18). The Bertz CT molecular complexity index is 612. The van der Waals surface area contributed by atoms with Gasteiger partial charge >= 0.3 is 5.69 Å². The number of hydrogen-bond donors (Lipinski definition) is 1. The molecule has 1 aromatic rings. The van der Waals surface area contributed by atoms with E-state index in [4.69, 9.17) is 0 Å². The van der Waals surface area contributed by atoms with Crippen molar-refractivity contribution in [1.29, 1.82) is 0 Å². The summed E-state index contributed by atoms with van der Waals surface area (Å²) >= 11 is 0. The first-order valence-corrected chi connectivity index (χ1v) is 5.75. The van der Waals surface area contributed by atoms with Crippen LogP contribution in [0.1, 0.15) is 45.2 Å². The van der Waals surface area contributed by atoms with Crippen LogP contribution in [0.2, 0.25) is 0 Å². The highest BCUT2D eigenvalue weighted by molar-refractivity contribution is 5.75. The third-order valence-electron chi connectivity index (χ3n) is 2.35. The summed E-state index contributed by atoms with van der Waals surface area (Å²) in [6.45, 7) is 5.17. The van der Waals surface area contributed by atoms with Crippen molar-refractivity contribution in [3.05, 3.63) is 32.6 Å². The molecule has 0 unspecified atom stereocenters. The summed E-state index contributed by atoms with van der Waals surface area (Å²) in [6.07, 6.45) is 2.23. The second kappa shape index (κ2) is 6.01. The van der Waals surface area contributed by atoms with E-state index < -0.39 is 11.2 Å². The molecule has 0 aliphatic heterocycles. The molecule has 0 saturated carbocycles. The summed E-state index contributed by atoms with van der Waals surface area (Å²) in [6, 6.07) is -0.0490. The van der Waals surface area contributed by atoms with Crippen LogP contribution < -0.4 is 11.2 Å². The van der Waals surface area contributed by atoms with E-state index in [0.29, 0.717) is 12.8 Å². The molecule has 1 N–H and O–H groups in total. The molecule has 0 amide bonds. The highest BCUT2D eigenvalue weighted by Gasteiger charge is 2.04. The Balaban J connectivity index is 3.03. The van der Waals surface area contributed by atoms with E-state index in [1.807, 2.05) is 13.8 Å². The van der Waals surface area contributed by atoms with Crippen LogP contribution in [0.15, 0.2) is 15.8 Å². The first-order chi connectivity index (χ1) is 8.41. The molecule has 1 heterocycles. The zero-order chi connectivity index (χ0) is 13.7. The van der Waals surface area contributed by atoms with Gasteiger partial charge in [-0.15, -0.1) is 0 Å². The molecule has 5 heteroatoms. The lowest BCUT2D eigenvalue weighted by atomic mass is 10.2. The van der Waals surface area contributed by atoms with Gasteiger partial charge in [-0.2, -0.15) is 0 Å². The van der Waals surface area contributed by atoms with Crippen LogP contribution >= 0.6 is 0 Å². The number of carbonyl (C=O) groups excluding carboxylic acids is 1. The summed E-state index contributed by atoms with van der Waals surface area (Å²) in [4.78, 5) is 35.9. The van der Waals surface area contributed by atoms with Crippen LogP contribution in [-0.4, -0.2) is 15.3 Å². The maximum Gasteiger partial charge on any atom is 0.328 e. The Morgan fingerprint density at radius 2 is 2.11 bits per heavy atom. The summed E-state index contributed by atoms with van der Waals surface area (Å²) in [5, 5.41) is 0. The van der Waals surface area contributed by atoms with Crippen molar-refractivity contribution < 1.29 is 4.79 Å². The van der Waals surface area contributed by atoms with Crippen molar-refractivity contribution in [2.45, 2.75) is 39.7 Å². The largest absolute Gasteiger partial charge is 0.328 e. The minimum absolute atomic E-state index is 0.0490. The van der Waals surface area contributed by atoms with Gasteiger partial charge in [-0.3, -0.25) is 19.1 Å². The fraction of sp³-hybridized carbons (Fsp3) is 0.462. The maximum absolute atomic E-state index is 11.5. The van der Waals surface area contributed by atoms with Crippen molar-refractivity contribution in [3.63, 3.8) is 0 Å². The minimum atomic E-state index is -0.493. The van der Waals surface area contributed by atoms with Gasteiger partial charge in [0.05, 0.1) is 0 Å². The van der Waals surface area contributed by atoms with E-state index >= 15 is 0 Å². The Hall–Kier alpha value is -2.09. The zero-order valence-electron chi connectivity index (χ0n) is 10.7. The molecule has 0 radical (unpaired) electrons. The number of aromatic nitrogens is 2. The highest BCUT2D eigenvalue weighted by atomic mass is 16.2. The third kappa shape index (κ3) is 3.74. The second-order valence-corrected chi connectivity index (χ2v) is 4.31. The molecule has 96 valence electrons. The van der Waals surface area contributed by atoms with Gasteiger partial charge < -0.3 is 0 Å². The number of aromatic amines is 1. The molecule has 0 saturated heterocycles. The number of H-pyrrole nitrogens is 1. The van der Waals surface area contributed by atoms with Crippen molar-refractivity contribution in [2.75, 3.05) is 0 Å². The Labute approximate surface area is 105 Å². The van der Waals surface area contributed by atoms with E-state index in [2.05, 4.69) is 16.8 Å². The number of hydrogen-bond acceptors (Lipinski definition) is 3. The van der Waals surface area contributed by atoms with E-state index in [0.717, 1.165) is 0 Å². The van der Waals surface area contributed by atoms with E-state index in [9.17, 15) is 14.4 Å². The van der Waals surface area contributed by atoms with E-state index in [1.54, 1.807) is 0 Å². The number of ketones is 1. The maximum atomic E-state index is 11.5. The monoisotopic (exact) mass is 248 g/mol. The van der Waals surface area contributed by atoms with Gasteiger partial charge in [0.2, 0.25) is 0 Å². The molecule has 0 aliphatic carbocycles. The Kier molecular flexibility index (Phi) is 4.67. The first kappa shape index (κ1) is 14.0. The molecule has 0 spiro atoms. The molecule has 0 fully saturated rings. The van der Waals surface area contributed by atoms with Crippen LogP contribution in [-0.2, 0) is 4.79 Å². The lowest BCUT2D eigenvalue weighted by Gasteiger charge is -2.08. The summed E-state index contributed by atoms with van der Waals surface area (Å²) in [5.74, 6) is 5.50. The van der Waals surface area contributed by atoms with Gasteiger partial charge in [-0.05, 0) is 20.8 Å². The average molecular weight is 248 g/mol. The highest BCUT2D eigenvalue weighted by Crippen LogP contribution is 1.98. The smallest absolute Gasteiger partial charge is 0.300 e. The SMILES string of the molecule is CC(=O)CCC#Cc1cn(C(C)C)c(=O)[nH]c1=O. The molecule has 0 aliphatic rings. The van der Waals surface area contributed by atoms with Crippen LogP contribution in [0.4, 0.5) is 0 Å². The van der Waals surface area contributed by atoms with Gasteiger partial charge in [-0.1, -0.05) is 11.8 Å². The molecular weight excluding hydrogens is 232 g/mol. The summed E-state index contributed by atoms with van der Waals surface area (Å²) in [5.41, 5.74) is -0.691. The van der Waals surface area contributed by atoms with Gasteiger partial charge in [0.15, 0.2) is 0 Å². The lowest BCUT2D eigenvalue weighted by molar-refractivity contribution is -0.116. The number of Topliss-reactive ketones (excluding diaryl/α,β-unsaturated/α-hetero) is 1. The quantitative estimate of drug-likeness (QED) is 0.806. The topological polar surface area (TPSA) is 71.9 Å². The average Bonchev–Trinajstić information content (AvgIpc) is 2.25. The summed E-state index contributed by atoms with van der Waals surface area (Å²) < 4.78 is 1.41. The molecule has 0 bridgehead atoms. The molecule has 0 aromatic carbocycles. The van der Waals surface area contributed by atoms with Crippen molar-refractivity contribution >= 4 is 5.78 Å². The number of nitrogens with zero attached hydrogens (tertiary/aromatic N) is 1. The fourth-order valence-corrected chi connectivity index (χ4v) is 1.35. The van der Waals surface area contributed by atoms with Gasteiger partial charge in [0.25, 0.3) is 5.56 Å². The zero-order valence-corrected chi connectivity index (χ0v) is 10.7. The molecule has 5 nitrogen and oxygen atoms in total. The van der Waals surface area contributed by atoms with E-state index in [1.165, 1.54) is 17.7 Å². The van der Waals surface area contributed by atoms with Crippen LogP contribution in [0.5, 0.6) is 0 Å². The Morgan fingerprint density at radius 1 is 1.44 bits per heavy atom. The molecule has 1 aromatic heterocycles. The normalized spacial score (nSPS) is 10.0. The predicted molar refractivity (Wildman–Crippen MR) is 68.5 cm³/mol. The molecule has 18 heavy (non-hydrogen) atoms. The van der Waals surface area contributed by atoms with Crippen molar-refractivity contribution in [2.24, 2.45) is 0 Å². The van der Waals surface area contributed by atoms with Gasteiger partial charge in [-0.25, -0.2) is 4.79 Å². The van der Waals surface area contributed by atoms with Crippen molar-refractivity contribution in [3.8, 4) is 11.8 Å². The number of nitrogens with one attached hydrogen (secondary N) is 1. The number of rotatable bonds is 3. The second-order valence-electron chi connectivity index (χ2n) is 4.31. The fourth-order valence-electron chi connectivity index (χ4n) is 1.35. The van der Waals surface area contributed by atoms with Gasteiger partial charge in [0, 0.05) is 25.1 Å².